The molecule has 0 spiro atoms. The van der Waals surface area contributed by atoms with E-state index in [-0.39, 0.29) is 18.2 Å². The Morgan fingerprint density at radius 1 is 1.11 bits per heavy atom. The number of benzene rings is 2. The van der Waals surface area contributed by atoms with Gasteiger partial charge in [-0.05, 0) is 42.2 Å². The van der Waals surface area contributed by atoms with E-state index in [1.165, 1.54) is 0 Å². The molecular formula is C22H26BrClN2O2. The van der Waals surface area contributed by atoms with Crippen LogP contribution in [0.5, 0.6) is 0 Å². The fraction of sp³-hybridized carbons (Fsp3) is 0.364. The van der Waals surface area contributed by atoms with Gasteiger partial charge in [0.05, 0.1) is 6.42 Å². The van der Waals surface area contributed by atoms with Gasteiger partial charge < -0.3 is 10.2 Å². The molecule has 2 aromatic rings. The van der Waals surface area contributed by atoms with E-state index in [0.29, 0.717) is 24.0 Å². The first-order valence-electron chi connectivity index (χ1n) is 9.33. The predicted molar refractivity (Wildman–Crippen MR) is 117 cm³/mol. The number of hydrogen-bond acceptors (Lipinski definition) is 2. The van der Waals surface area contributed by atoms with Crippen LogP contribution in [0.2, 0.25) is 5.02 Å². The lowest BCUT2D eigenvalue weighted by molar-refractivity contribution is -0.140. The third kappa shape index (κ3) is 6.64. The van der Waals surface area contributed by atoms with E-state index >= 15 is 0 Å². The highest BCUT2D eigenvalue weighted by molar-refractivity contribution is 9.10. The number of halogens is 2. The molecule has 2 rings (SSSR count). The molecule has 1 N–H and O–H groups in total. The number of amides is 2. The zero-order chi connectivity index (χ0) is 20.7. The van der Waals surface area contributed by atoms with Crippen molar-refractivity contribution in [3.63, 3.8) is 0 Å². The molecule has 0 radical (unpaired) electrons. The zero-order valence-electron chi connectivity index (χ0n) is 16.4. The van der Waals surface area contributed by atoms with Crippen molar-refractivity contribution in [3.8, 4) is 0 Å². The topological polar surface area (TPSA) is 49.4 Å². The van der Waals surface area contributed by atoms with E-state index in [1.807, 2.05) is 56.3 Å². The number of rotatable bonds is 8. The van der Waals surface area contributed by atoms with E-state index in [9.17, 15) is 9.59 Å². The molecule has 0 bridgehead atoms. The van der Waals surface area contributed by atoms with Crippen molar-refractivity contribution in [2.45, 2.75) is 39.8 Å². The Bertz CT molecular complexity index is 826. The second-order valence-corrected chi connectivity index (χ2v) is 8.56. The first-order chi connectivity index (χ1) is 13.3. The Morgan fingerprint density at radius 2 is 1.82 bits per heavy atom. The molecule has 0 aliphatic rings. The van der Waals surface area contributed by atoms with Crippen molar-refractivity contribution >= 4 is 39.3 Å². The van der Waals surface area contributed by atoms with Crippen molar-refractivity contribution in [3.05, 3.63) is 69.2 Å². The Labute approximate surface area is 180 Å². The molecule has 0 aliphatic carbocycles. The monoisotopic (exact) mass is 464 g/mol. The van der Waals surface area contributed by atoms with E-state index in [4.69, 9.17) is 11.6 Å². The predicted octanol–water partition coefficient (Wildman–Crippen LogP) is 4.83. The maximum atomic E-state index is 13.1. The number of nitrogens with zero attached hydrogens (tertiary/aromatic N) is 1. The van der Waals surface area contributed by atoms with E-state index in [0.717, 1.165) is 15.6 Å². The van der Waals surface area contributed by atoms with Crippen LogP contribution in [0.1, 0.15) is 31.9 Å². The van der Waals surface area contributed by atoms with Crippen LogP contribution in [0.3, 0.4) is 0 Å². The highest BCUT2D eigenvalue weighted by Gasteiger charge is 2.26. The molecule has 2 amide bonds. The van der Waals surface area contributed by atoms with Crippen LogP contribution in [0.15, 0.2) is 53.0 Å². The molecule has 0 heterocycles. The third-order valence-electron chi connectivity index (χ3n) is 4.39. The minimum absolute atomic E-state index is 0.139. The molecular weight excluding hydrogens is 440 g/mol. The fourth-order valence-corrected chi connectivity index (χ4v) is 3.42. The Morgan fingerprint density at radius 3 is 2.46 bits per heavy atom. The first kappa shape index (κ1) is 22.4. The van der Waals surface area contributed by atoms with Crippen molar-refractivity contribution in [1.82, 2.24) is 10.2 Å². The average molecular weight is 466 g/mol. The van der Waals surface area contributed by atoms with Crippen LogP contribution in [0.4, 0.5) is 0 Å². The van der Waals surface area contributed by atoms with Gasteiger partial charge in [0.1, 0.15) is 6.04 Å². The van der Waals surface area contributed by atoms with Crippen molar-refractivity contribution in [2.75, 3.05) is 6.54 Å². The molecule has 28 heavy (non-hydrogen) atoms. The van der Waals surface area contributed by atoms with Gasteiger partial charge in [-0.3, -0.25) is 9.59 Å². The lowest BCUT2D eigenvalue weighted by Crippen LogP contribution is -2.48. The van der Waals surface area contributed by atoms with E-state index < -0.39 is 6.04 Å². The summed E-state index contributed by atoms with van der Waals surface area (Å²) >= 11 is 9.68. The Hall–Kier alpha value is -1.85. The standard InChI is InChI=1S/C22H26BrClN2O2/c1-15(2)13-25-22(28)16(3)26(14-17-7-6-9-19(23)11-17)21(27)12-18-8-4-5-10-20(18)24/h4-11,15-16H,12-14H2,1-3H3,(H,25,28)/t16-/m0/s1. The van der Waals surface area contributed by atoms with Crippen LogP contribution < -0.4 is 5.32 Å². The number of nitrogens with one attached hydrogen (secondary N) is 1. The summed E-state index contributed by atoms with van der Waals surface area (Å²) < 4.78 is 0.931. The molecule has 4 nitrogen and oxygen atoms in total. The van der Waals surface area contributed by atoms with Gasteiger partial charge in [-0.2, -0.15) is 0 Å². The second-order valence-electron chi connectivity index (χ2n) is 7.23. The third-order valence-corrected chi connectivity index (χ3v) is 5.26. The summed E-state index contributed by atoms with van der Waals surface area (Å²) in [6, 6.07) is 14.4. The summed E-state index contributed by atoms with van der Waals surface area (Å²) in [6.07, 6.45) is 0.148. The molecule has 1 atom stereocenters. The highest BCUT2D eigenvalue weighted by Crippen LogP contribution is 2.19. The van der Waals surface area contributed by atoms with Gasteiger partial charge >= 0.3 is 0 Å². The van der Waals surface area contributed by atoms with Crippen molar-refractivity contribution in [2.24, 2.45) is 5.92 Å². The smallest absolute Gasteiger partial charge is 0.242 e. The SMILES string of the molecule is CC(C)CNC(=O)[C@H](C)N(Cc1cccc(Br)c1)C(=O)Cc1ccccc1Cl. The summed E-state index contributed by atoms with van der Waals surface area (Å²) in [5.41, 5.74) is 1.70. The number of carbonyl (C=O) groups excluding carboxylic acids is 2. The highest BCUT2D eigenvalue weighted by atomic mass is 79.9. The van der Waals surface area contributed by atoms with Crippen LogP contribution >= 0.6 is 27.5 Å². The molecule has 0 unspecified atom stereocenters. The number of hydrogen-bond donors (Lipinski definition) is 1. The van der Waals surface area contributed by atoms with Gasteiger partial charge in [0.2, 0.25) is 11.8 Å². The Balaban J connectivity index is 2.22. The lowest BCUT2D eigenvalue weighted by atomic mass is 10.1. The van der Waals surface area contributed by atoms with Gasteiger partial charge in [-0.25, -0.2) is 0 Å². The van der Waals surface area contributed by atoms with Crippen molar-refractivity contribution in [1.29, 1.82) is 0 Å². The molecule has 0 aromatic heterocycles. The minimum Gasteiger partial charge on any atom is -0.354 e. The summed E-state index contributed by atoms with van der Waals surface area (Å²) in [4.78, 5) is 27.4. The average Bonchev–Trinajstić information content (AvgIpc) is 2.65. The van der Waals surface area contributed by atoms with Crippen LogP contribution in [-0.2, 0) is 22.6 Å². The molecule has 0 aliphatic heterocycles. The van der Waals surface area contributed by atoms with Gasteiger partial charge in [0.25, 0.3) is 0 Å². The van der Waals surface area contributed by atoms with Crippen molar-refractivity contribution < 1.29 is 9.59 Å². The zero-order valence-corrected chi connectivity index (χ0v) is 18.8. The second kappa shape index (κ2) is 10.6. The number of carbonyl (C=O) groups is 2. The summed E-state index contributed by atoms with van der Waals surface area (Å²) in [6.45, 7) is 6.75. The molecule has 6 heteroatoms. The maximum Gasteiger partial charge on any atom is 0.242 e. The summed E-state index contributed by atoms with van der Waals surface area (Å²) in [7, 11) is 0. The van der Waals surface area contributed by atoms with Gasteiger partial charge in [0, 0.05) is 22.6 Å². The quantitative estimate of drug-likeness (QED) is 0.607. The maximum absolute atomic E-state index is 13.1. The van der Waals surface area contributed by atoms with E-state index in [1.54, 1.807) is 17.9 Å². The van der Waals surface area contributed by atoms with Gasteiger partial charge in [0.15, 0.2) is 0 Å². The normalized spacial score (nSPS) is 11.9. The molecule has 150 valence electrons. The van der Waals surface area contributed by atoms with Crippen LogP contribution in [0, 0.1) is 5.92 Å². The Kier molecular flexibility index (Phi) is 8.52. The van der Waals surface area contributed by atoms with E-state index in [2.05, 4.69) is 21.2 Å². The summed E-state index contributed by atoms with van der Waals surface area (Å²) in [5.74, 6) is 0.0463. The van der Waals surface area contributed by atoms with Crippen LogP contribution in [0.25, 0.3) is 0 Å². The largest absolute Gasteiger partial charge is 0.354 e. The first-order valence-corrected chi connectivity index (χ1v) is 10.5. The summed E-state index contributed by atoms with van der Waals surface area (Å²) in [5, 5.41) is 3.47. The molecule has 0 saturated carbocycles. The molecule has 0 fully saturated rings. The lowest BCUT2D eigenvalue weighted by Gasteiger charge is -2.29. The van der Waals surface area contributed by atoms with Gasteiger partial charge in [-0.1, -0.05) is 71.7 Å². The fourth-order valence-electron chi connectivity index (χ4n) is 2.77. The molecule has 2 aromatic carbocycles. The molecule has 0 saturated heterocycles. The van der Waals surface area contributed by atoms with Gasteiger partial charge in [-0.15, -0.1) is 0 Å². The van der Waals surface area contributed by atoms with Crippen LogP contribution in [-0.4, -0.2) is 29.3 Å². The minimum atomic E-state index is -0.590.